The molecular weight excluding hydrogens is 110 g/mol. The van der Waals surface area contributed by atoms with Gasteiger partial charge in [-0.25, -0.2) is 0 Å². The molecule has 0 aliphatic carbocycles. The first kappa shape index (κ1) is 16.0. The van der Waals surface area contributed by atoms with Gasteiger partial charge in [0.15, 0.2) is 0 Å². The van der Waals surface area contributed by atoms with Gasteiger partial charge in [-0.1, -0.05) is 47.5 Å². The molecule has 0 rings (SSSR count). The fourth-order valence-corrected chi connectivity index (χ4v) is 0.289. The molecule has 0 unspecified atom stereocenters. The summed E-state index contributed by atoms with van der Waals surface area (Å²) >= 11 is 0. The molecule has 0 spiro atoms. The number of hydrogen-bond acceptors (Lipinski definition) is 1. The van der Waals surface area contributed by atoms with Gasteiger partial charge in [-0.15, -0.1) is 0 Å². The van der Waals surface area contributed by atoms with Gasteiger partial charge in [0.05, 0.1) is 0 Å². The Bertz CT molecular complexity index is 23.7. The van der Waals surface area contributed by atoms with Gasteiger partial charge in [-0.2, -0.15) is 0 Å². The molecule has 0 saturated heterocycles. The summed E-state index contributed by atoms with van der Waals surface area (Å²) in [5.74, 6) is 0.935. The topological polar surface area (TPSA) is 35.0 Å². The molecule has 0 aromatic rings. The predicted molar refractivity (Wildman–Crippen MR) is 46.1 cm³/mol. The minimum Gasteiger partial charge on any atom is -0.344 e. The van der Waals surface area contributed by atoms with Crippen LogP contribution >= 0.6 is 0 Å². The third-order valence-corrected chi connectivity index (χ3v) is 1.39. The second-order valence-corrected chi connectivity index (χ2v) is 1.92. The monoisotopic (exact) mass is 133 g/mol. The number of rotatable bonds is 2. The second kappa shape index (κ2) is 15.7. The van der Waals surface area contributed by atoms with E-state index in [9.17, 15) is 0 Å². The molecule has 0 aliphatic heterocycles. The molecule has 1 nitrogen and oxygen atoms in total. The van der Waals surface area contributed by atoms with E-state index in [2.05, 4.69) is 20.8 Å². The lowest BCUT2D eigenvalue weighted by Crippen LogP contribution is -1.85. The first-order chi connectivity index (χ1) is 3.81. The molecule has 0 aromatic heterocycles. The van der Waals surface area contributed by atoms with Crippen LogP contribution in [0.4, 0.5) is 0 Å². The van der Waals surface area contributed by atoms with Crippen molar-refractivity contribution < 1.29 is 0 Å². The molecule has 0 heterocycles. The quantitative estimate of drug-likeness (QED) is 0.613. The van der Waals surface area contributed by atoms with Crippen molar-refractivity contribution in [1.29, 1.82) is 0 Å². The zero-order chi connectivity index (χ0) is 6.99. The Morgan fingerprint density at radius 2 is 1.22 bits per heavy atom. The molecule has 0 saturated carbocycles. The highest BCUT2D eigenvalue weighted by Gasteiger charge is 1.88. The predicted octanol–water partition coefficient (Wildman–Crippen LogP) is 3.63. The average Bonchev–Trinajstić information content (AvgIpc) is 1.91. The highest BCUT2D eigenvalue weighted by molar-refractivity contribution is 4.41. The molecule has 0 aliphatic rings. The molecule has 3 N–H and O–H groups in total. The lowest BCUT2D eigenvalue weighted by molar-refractivity contribution is 0.544. The van der Waals surface area contributed by atoms with Gasteiger partial charge >= 0.3 is 0 Å². The van der Waals surface area contributed by atoms with E-state index in [1.54, 1.807) is 0 Å². The molecule has 60 valence electrons. The van der Waals surface area contributed by atoms with Crippen molar-refractivity contribution in [3.63, 3.8) is 0 Å². The molecule has 0 amide bonds. The summed E-state index contributed by atoms with van der Waals surface area (Å²) in [6.45, 7) is 10.7. The summed E-state index contributed by atoms with van der Waals surface area (Å²) in [4.78, 5) is 0. The average molecular weight is 133 g/mol. The molecule has 0 fully saturated rings. The van der Waals surface area contributed by atoms with Gasteiger partial charge in [-0.05, 0) is 5.92 Å². The van der Waals surface area contributed by atoms with Crippen LogP contribution in [0.3, 0.4) is 0 Å². The SMILES string of the molecule is CC.CCC(C)CC.N. The summed E-state index contributed by atoms with van der Waals surface area (Å²) < 4.78 is 0. The van der Waals surface area contributed by atoms with E-state index < -0.39 is 0 Å². The fraction of sp³-hybridized carbons (Fsp3) is 1.00. The normalized spacial score (nSPS) is 7.33. The van der Waals surface area contributed by atoms with Crippen LogP contribution in [-0.2, 0) is 0 Å². The van der Waals surface area contributed by atoms with Gasteiger partial charge in [0.1, 0.15) is 0 Å². The third-order valence-electron chi connectivity index (χ3n) is 1.39. The van der Waals surface area contributed by atoms with Gasteiger partial charge in [0.25, 0.3) is 0 Å². The maximum absolute atomic E-state index is 2.28. The van der Waals surface area contributed by atoms with Crippen molar-refractivity contribution in [3.05, 3.63) is 0 Å². The van der Waals surface area contributed by atoms with E-state index in [-0.39, 0.29) is 6.15 Å². The van der Waals surface area contributed by atoms with E-state index in [1.807, 2.05) is 13.8 Å². The second-order valence-electron chi connectivity index (χ2n) is 1.92. The van der Waals surface area contributed by atoms with Gasteiger partial charge in [-0.3, -0.25) is 0 Å². The van der Waals surface area contributed by atoms with Crippen LogP contribution in [0.5, 0.6) is 0 Å². The van der Waals surface area contributed by atoms with Crippen molar-refractivity contribution >= 4 is 0 Å². The van der Waals surface area contributed by atoms with Gasteiger partial charge in [0.2, 0.25) is 0 Å². The zero-order valence-corrected chi connectivity index (χ0v) is 7.70. The maximum Gasteiger partial charge on any atom is -0.0448 e. The lowest BCUT2D eigenvalue weighted by Gasteiger charge is -1.98. The van der Waals surface area contributed by atoms with Gasteiger partial charge < -0.3 is 6.15 Å². The molecule has 0 bridgehead atoms. The number of hydrogen-bond donors (Lipinski definition) is 1. The fourth-order valence-electron chi connectivity index (χ4n) is 0.289. The molecule has 0 aromatic carbocycles. The first-order valence-corrected chi connectivity index (χ1v) is 3.81. The molecule has 9 heavy (non-hydrogen) atoms. The summed E-state index contributed by atoms with van der Waals surface area (Å²) in [6.07, 6.45) is 2.66. The summed E-state index contributed by atoms with van der Waals surface area (Å²) in [6, 6.07) is 0. The summed E-state index contributed by atoms with van der Waals surface area (Å²) in [5, 5.41) is 0. The van der Waals surface area contributed by atoms with Crippen LogP contribution in [0.25, 0.3) is 0 Å². The van der Waals surface area contributed by atoms with Crippen LogP contribution in [0.15, 0.2) is 0 Å². The van der Waals surface area contributed by atoms with Crippen LogP contribution in [-0.4, -0.2) is 0 Å². The Hall–Kier alpha value is -0.0400. The van der Waals surface area contributed by atoms with E-state index >= 15 is 0 Å². The zero-order valence-electron chi connectivity index (χ0n) is 7.70. The summed E-state index contributed by atoms with van der Waals surface area (Å²) in [7, 11) is 0. The third kappa shape index (κ3) is 18.0. The van der Waals surface area contributed by atoms with E-state index in [4.69, 9.17) is 0 Å². The van der Waals surface area contributed by atoms with Crippen LogP contribution < -0.4 is 6.15 Å². The van der Waals surface area contributed by atoms with Crippen molar-refractivity contribution in [2.75, 3.05) is 0 Å². The lowest BCUT2D eigenvalue weighted by atomic mass is 10.1. The maximum atomic E-state index is 2.28. The Morgan fingerprint density at radius 3 is 1.22 bits per heavy atom. The Kier molecular flexibility index (Phi) is 27.8. The van der Waals surface area contributed by atoms with Crippen molar-refractivity contribution in [3.8, 4) is 0 Å². The molecule has 0 radical (unpaired) electrons. The highest BCUT2D eigenvalue weighted by Crippen LogP contribution is 2.02. The first-order valence-electron chi connectivity index (χ1n) is 3.81. The van der Waals surface area contributed by atoms with Crippen LogP contribution in [0.2, 0.25) is 0 Å². The molecular formula is C8H23N. The van der Waals surface area contributed by atoms with E-state index in [0.29, 0.717) is 0 Å². The Morgan fingerprint density at radius 1 is 1.00 bits per heavy atom. The largest absolute Gasteiger partial charge is 0.344 e. The van der Waals surface area contributed by atoms with Crippen molar-refractivity contribution in [2.24, 2.45) is 5.92 Å². The van der Waals surface area contributed by atoms with Gasteiger partial charge in [0, 0.05) is 0 Å². The summed E-state index contributed by atoms with van der Waals surface area (Å²) in [5.41, 5.74) is 0. The standard InChI is InChI=1S/C6H14.C2H6.H3N/c1-4-6(3)5-2;1-2;/h6H,4-5H2,1-3H3;1-2H3;1H3. The Labute approximate surface area is 60.4 Å². The van der Waals surface area contributed by atoms with Crippen LogP contribution in [0.1, 0.15) is 47.5 Å². The molecule has 0 atom stereocenters. The van der Waals surface area contributed by atoms with E-state index in [1.165, 1.54) is 12.8 Å². The molecule has 1 heteroatoms. The van der Waals surface area contributed by atoms with Crippen molar-refractivity contribution in [2.45, 2.75) is 47.5 Å². The minimum atomic E-state index is 0. The van der Waals surface area contributed by atoms with Crippen LogP contribution in [0, 0.1) is 5.92 Å². The Balaban J connectivity index is -0.000000109. The minimum absolute atomic E-state index is 0. The van der Waals surface area contributed by atoms with Crippen molar-refractivity contribution in [1.82, 2.24) is 6.15 Å². The highest BCUT2D eigenvalue weighted by atomic mass is 14.0. The van der Waals surface area contributed by atoms with E-state index in [0.717, 1.165) is 5.92 Å². The smallest absolute Gasteiger partial charge is 0.0448 e.